The van der Waals surface area contributed by atoms with Crippen molar-refractivity contribution in [2.75, 3.05) is 0 Å². The van der Waals surface area contributed by atoms with Gasteiger partial charge < -0.3 is 42.0 Å². The van der Waals surface area contributed by atoms with E-state index in [4.69, 9.17) is 4.74 Å². The standard InChI is InChI=1S/C42H75N7O9/c1-14-15-16-26(10)21-34(50)49-35-29(13)58-42(57)28(12)44-37(52)30(17-22(2)3)46-39(54)32(19-24(6)7)48-40(55)33(20-25(8)9)47-38(53)31(18-23(4)5)45-36(51)27(11)43-41(35)56/h22-33,35H,14-21H2,1-13H3,(H,43,56)(H,44,52)(H,45,51)(H,46,54)(H,47,53)(H,48,55)(H,49,50)/t26?,27-,28-,29+,30?,31?,32?,33?,35-/m0/s1. The van der Waals surface area contributed by atoms with Crippen LogP contribution in [0.2, 0.25) is 0 Å². The lowest BCUT2D eigenvalue weighted by Crippen LogP contribution is -2.61. The summed E-state index contributed by atoms with van der Waals surface area (Å²) in [7, 11) is 0. The van der Waals surface area contributed by atoms with Crippen molar-refractivity contribution in [1.29, 1.82) is 0 Å². The molecule has 1 aliphatic rings. The predicted molar refractivity (Wildman–Crippen MR) is 222 cm³/mol. The summed E-state index contributed by atoms with van der Waals surface area (Å²) in [5.41, 5.74) is 0. The second kappa shape index (κ2) is 25.3. The molecule has 1 fully saturated rings. The number of rotatable bonds is 14. The van der Waals surface area contributed by atoms with Crippen LogP contribution in [0, 0.1) is 29.6 Å². The monoisotopic (exact) mass is 822 g/mol. The first kappa shape index (κ1) is 51.8. The van der Waals surface area contributed by atoms with Gasteiger partial charge in [0.2, 0.25) is 41.4 Å². The Morgan fingerprint density at radius 2 is 0.914 bits per heavy atom. The van der Waals surface area contributed by atoms with Gasteiger partial charge in [0, 0.05) is 6.42 Å². The Balaban J connectivity index is 3.75. The number of cyclic esters (lactones) is 1. The highest BCUT2D eigenvalue weighted by Gasteiger charge is 2.36. The van der Waals surface area contributed by atoms with Crippen LogP contribution in [0.15, 0.2) is 0 Å². The van der Waals surface area contributed by atoms with E-state index in [1.807, 2.05) is 69.2 Å². The molecule has 58 heavy (non-hydrogen) atoms. The first-order valence-electron chi connectivity index (χ1n) is 21.3. The molecule has 7 N–H and O–H groups in total. The quantitative estimate of drug-likeness (QED) is 0.128. The van der Waals surface area contributed by atoms with Gasteiger partial charge in [-0.1, -0.05) is 88.5 Å². The van der Waals surface area contributed by atoms with E-state index in [2.05, 4.69) is 37.2 Å². The number of carbonyl (C=O) groups excluding carboxylic acids is 8. The molecule has 0 aromatic rings. The van der Waals surface area contributed by atoms with Crippen molar-refractivity contribution in [3.8, 4) is 0 Å². The van der Waals surface area contributed by atoms with Crippen LogP contribution in [0.5, 0.6) is 0 Å². The fourth-order valence-electron chi connectivity index (χ4n) is 6.62. The molecule has 1 rings (SSSR count). The third kappa shape index (κ3) is 19.0. The Kier molecular flexibility index (Phi) is 22.6. The zero-order chi connectivity index (χ0) is 44.4. The minimum Gasteiger partial charge on any atom is -0.458 e. The third-order valence-corrected chi connectivity index (χ3v) is 9.78. The van der Waals surface area contributed by atoms with E-state index in [-0.39, 0.29) is 61.7 Å². The van der Waals surface area contributed by atoms with Crippen molar-refractivity contribution in [2.24, 2.45) is 29.6 Å². The highest BCUT2D eigenvalue weighted by atomic mass is 16.5. The van der Waals surface area contributed by atoms with Crippen LogP contribution < -0.4 is 37.2 Å². The topological polar surface area (TPSA) is 230 Å². The fourth-order valence-corrected chi connectivity index (χ4v) is 6.62. The summed E-state index contributed by atoms with van der Waals surface area (Å²) in [6.07, 6.45) is 2.37. The second-order valence-electron chi connectivity index (χ2n) is 17.9. The van der Waals surface area contributed by atoms with Gasteiger partial charge in [-0.15, -0.1) is 0 Å². The highest BCUT2D eigenvalue weighted by molar-refractivity contribution is 5.97. The lowest BCUT2D eigenvalue weighted by Gasteiger charge is -2.30. The highest BCUT2D eigenvalue weighted by Crippen LogP contribution is 2.15. The number of unbranched alkanes of at least 4 members (excludes halogenated alkanes) is 1. The maximum Gasteiger partial charge on any atom is 0.328 e. The predicted octanol–water partition coefficient (Wildman–Crippen LogP) is 2.77. The van der Waals surface area contributed by atoms with Gasteiger partial charge in [-0.3, -0.25) is 33.6 Å². The Hall–Kier alpha value is -4.24. The largest absolute Gasteiger partial charge is 0.458 e. The summed E-state index contributed by atoms with van der Waals surface area (Å²) in [5, 5.41) is 18.9. The van der Waals surface area contributed by atoms with Gasteiger partial charge in [-0.05, 0) is 76.0 Å². The average molecular weight is 822 g/mol. The Morgan fingerprint density at radius 1 is 0.552 bits per heavy atom. The van der Waals surface area contributed by atoms with Crippen molar-refractivity contribution >= 4 is 47.3 Å². The minimum absolute atomic E-state index is 0.0111. The minimum atomic E-state index is -1.43. The maximum absolute atomic E-state index is 13.9. The number of hydrogen-bond acceptors (Lipinski definition) is 9. The molecule has 0 saturated carbocycles. The summed E-state index contributed by atoms with van der Waals surface area (Å²) in [4.78, 5) is 109. The smallest absolute Gasteiger partial charge is 0.328 e. The molecule has 1 saturated heterocycles. The molecule has 0 bridgehead atoms. The molecule has 16 heteroatoms. The molecule has 7 amide bonds. The van der Waals surface area contributed by atoms with Gasteiger partial charge in [0.05, 0.1) is 0 Å². The molecule has 9 atom stereocenters. The number of nitrogens with one attached hydrogen (secondary N) is 7. The average Bonchev–Trinajstić information content (AvgIpc) is 3.10. The molecule has 0 radical (unpaired) electrons. The maximum atomic E-state index is 13.9. The molecule has 0 aromatic carbocycles. The van der Waals surface area contributed by atoms with E-state index in [1.54, 1.807) is 0 Å². The Labute approximate surface area is 346 Å². The van der Waals surface area contributed by atoms with Crippen molar-refractivity contribution in [2.45, 2.75) is 190 Å². The van der Waals surface area contributed by atoms with Crippen molar-refractivity contribution < 1.29 is 43.1 Å². The summed E-state index contributed by atoms with van der Waals surface area (Å²) >= 11 is 0. The van der Waals surface area contributed by atoms with Gasteiger partial charge >= 0.3 is 5.97 Å². The molecule has 0 aliphatic carbocycles. The number of esters is 1. The fraction of sp³-hybridized carbons (Fsp3) is 0.810. The molecular weight excluding hydrogens is 747 g/mol. The Bertz CT molecular complexity index is 1400. The first-order valence-corrected chi connectivity index (χ1v) is 21.3. The number of carbonyl (C=O) groups is 8. The van der Waals surface area contributed by atoms with Crippen molar-refractivity contribution in [3.05, 3.63) is 0 Å². The van der Waals surface area contributed by atoms with Gasteiger partial charge in [0.1, 0.15) is 48.4 Å². The normalized spacial score (nSPS) is 27.0. The van der Waals surface area contributed by atoms with Crippen molar-refractivity contribution in [3.63, 3.8) is 0 Å². The van der Waals surface area contributed by atoms with Crippen LogP contribution in [0.25, 0.3) is 0 Å². The number of amides is 7. The van der Waals surface area contributed by atoms with E-state index in [0.29, 0.717) is 0 Å². The van der Waals surface area contributed by atoms with Gasteiger partial charge in [-0.25, -0.2) is 4.79 Å². The van der Waals surface area contributed by atoms with Crippen LogP contribution in [0.3, 0.4) is 0 Å². The van der Waals surface area contributed by atoms with Crippen molar-refractivity contribution in [1.82, 2.24) is 37.2 Å². The number of hydrogen-bond donors (Lipinski definition) is 7. The molecular formula is C42H75N7O9. The molecule has 1 aliphatic heterocycles. The van der Waals surface area contributed by atoms with Crippen LogP contribution in [-0.2, 0) is 43.1 Å². The van der Waals surface area contributed by atoms with E-state index in [9.17, 15) is 38.4 Å². The van der Waals surface area contributed by atoms with E-state index in [1.165, 1.54) is 20.8 Å². The summed E-state index contributed by atoms with van der Waals surface area (Å²) in [6.45, 7) is 23.2. The zero-order valence-electron chi connectivity index (χ0n) is 37.3. The number of ether oxygens (including phenoxy) is 1. The molecule has 16 nitrogen and oxygen atoms in total. The Morgan fingerprint density at radius 3 is 1.29 bits per heavy atom. The van der Waals surface area contributed by atoms with Gasteiger partial charge in [0.15, 0.2) is 0 Å². The summed E-state index contributed by atoms with van der Waals surface area (Å²) < 4.78 is 5.64. The van der Waals surface area contributed by atoms with Crippen LogP contribution in [0.1, 0.15) is 141 Å². The van der Waals surface area contributed by atoms with E-state index >= 15 is 0 Å². The van der Waals surface area contributed by atoms with Crippen LogP contribution >= 0.6 is 0 Å². The summed E-state index contributed by atoms with van der Waals surface area (Å²) in [5.74, 6) is -5.61. The van der Waals surface area contributed by atoms with E-state index in [0.717, 1.165) is 19.3 Å². The van der Waals surface area contributed by atoms with E-state index < -0.39 is 95.7 Å². The molecule has 5 unspecified atom stereocenters. The SMILES string of the molecule is CCCCC(C)CC(=O)N[C@@H]1C(=O)N[C@@H](C)C(=O)NC(CC(C)C)C(=O)NC(CC(C)C)C(=O)NC(CC(C)C)C(=O)NC(CC(C)C)C(=O)N[C@@H](C)C(=O)O[C@@H]1C. The van der Waals surface area contributed by atoms with Crippen LogP contribution in [0.4, 0.5) is 0 Å². The second-order valence-corrected chi connectivity index (χ2v) is 17.9. The molecule has 332 valence electrons. The third-order valence-electron chi connectivity index (χ3n) is 9.78. The lowest BCUT2D eigenvalue weighted by atomic mass is 9.98. The lowest BCUT2D eigenvalue weighted by molar-refractivity contribution is -0.155. The molecule has 0 spiro atoms. The molecule has 0 aromatic heterocycles. The first-order chi connectivity index (χ1) is 26.9. The zero-order valence-corrected chi connectivity index (χ0v) is 37.3. The van der Waals surface area contributed by atoms with Crippen LogP contribution in [-0.4, -0.2) is 95.7 Å². The molecule has 1 heterocycles. The van der Waals surface area contributed by atoms with Gasteiger partial charge in [0.25, 0.3) is 0 Å². The summed E-state index contributed by atoms with van der Waals surface area (Å²) in [6, 6.07) is -8.21. The van der Waals surface area contributed by atoms with Gasteiger partial charge in [-0.2, -0.15) is 0 Å².